The van der Waals surface area contributed by atoms with E-state index in [9.17, 15) is 26.4 Å². The van der Waals surface area contributed by atoms with Gasteiger partial charge in [0, 0.05) is 23.6 Å². The molecule has 0 radical (unpaired) electrons. The second-order valence-corrected chi connectivity index (χ2v) is 16.0. The fraction of sp³-hybridized carbons (Fsp3) is 0.500. The first-order valence-electron chi connectivity index (χ1n) is 12.5. The molecule has 2 aliphatic rings. The lowest BCUT2D eigenvalue weighted by Gasteiger charge is -2.39. The van der Waals surface area contributed by atoms with E-state index in [2.05, 4.69) is 35.2 Å². The molecule has 39 heavy (non-hydrogen) atoms. The van der Waals surface area contributed by atoms with Crippen molar-refractivity contribution in [3.8, 4) is 0 Å². The van der Waals surface area contributed by atoms with E-state index in [1.165, 1.54) is 5.38 Å². The third kappa shape index (κ3) is 6.00. The van der Waals surface area contributed by atoms with Gasteiger partial charge in [0.25, 0.3) is 10.0 Å². The highest BCUT2D eigenvalue weighted by Gasteiger charge is 2.52. The normalized spacial score (nSPS) is 22.6. The lowest BCUT2D eigenvalue weighted by atomic mass is 9.62. The minimum absolute atomic E-state index is 0.0626. The maximum Gasteiger partial charge on any atom is 0.287 e. The lowest BCUT2D eigenvalue weighted by molar-refractivity contribution is -0.125. The fourth-order valence-corrected chi connectivity index (χ4v) is 8.84. The van der Waals surface area contributed by atoms with Gasteiger partial charge in [0.15, 0.2) is 11.6 Å². The molecule has 2 heterocycles. The van der Waals surface area contributed by atoms with E-state index in [1.54, 1.807) is 24.3 Å². The van der Waals surface area contributed by atoms with Gasteiger partial charge in [-0.25, -0.2) is 13.1 Å². The molecular weight excluding hydrogens is 582 g/mol. The number of carbonyl (C=O) groups is 2. The first kappa shape index (κ1) is 29.9. The van der Waals surface area contributed by atoms with E-state index in [1.807, 2.05) is 6.92 Å². The van der Waals surface area contributed by atoms with Crippen LogP contribution in [0.3, 0.4) is 0 Å². The summed E-state index contributed by atoms with van der Waals surface area (Å²) in [6.07, 6.45) is 1.45. The molecule has 1 unspecified atom stereocenters. The van der Waals surface area contributed by atoms with Crippen LogP contribution in [0.4, 0.5) is 5.00 Å². The number of amidine groups is 1. The Kier molecular flexibility index (Phi) is 8.19. The number of benzene rings is 1. The van der Waals surface area contributed by atoms with Crippen molar-refractivity contribution in [1.29, 1.82) is 0 Å². The Morgan fingerprint density at radius 1 is 1.21 bits per heavy atom. The van der Waals surface area contributed by atoms with E-state index in [4.69, 9.17) is 11.6 Å². The molecule has 2 aromatic rings. The highest BCUT2D eigenvalue weighted by molar-refractivity contribution is 7.91. The molecule has 1 aliphatic heterocycles. The topological polar surface area (TPSA) is 139 Å². The van der Waals surface area contributed by atoms with Crippen molar-refractivity contribution in [3.05, 3.63) is 46.3 Å². The van der Waals surface area contributed by atoms with Gasteiger partial charge in [-0.3, -0.25) is 9.59 Å². The van der Waals surface area contributed by atoms with Gasteiger partial charge in [-0.1, -0.05) is 45.0 Å². The van der Waals surface area contributed by atoms with Crippen molar-refractivity contribution in [1.82, 2.24) is 4.72 Å². The molecule has 0 fully saturated rings. The second kappa shape index (κ2) is 10.7. The summed E-state index contributed by atoms with van der Waals surface area (Å²) in [5.74, 6) is -2.54. The molecule has 1 aliphatic carbocycles. The average molecular weight is 614 g/mol. The predicted molar refractivity (Wildman–Crippen MR) is 154 cm³/mol. The van der Waals surface area contributed by atoms with Crippen LogP contribution in [0.15, 0.2) is 38.9 Å². The number of halogens is 1. The number of hydrogen-bond donors (Lipinski definition) is 2. The number of hydrogen-bond acceptors (Lipinski definition) is 8. The molecule has 0 saturated carbocycles. The molecule has 1 aromatic carbocycles. The Labute approximate surface area is 238 Å². The summed E-state index contributed by atoms with van der Waals surface area (Å²) >= 11 is 6.62. The number of Topliss-reactive ketones (excluding diaryl/α,β-unsaturated/α-hetero) is 2. The lowest BCUT2D eigenvalue weighted by Crippen LogP contribution is -2.51. The first-order valence-corrected chi connectivity index (χ1v) is 17.0. The number of nitrogens with zero attached hydrogens (tertiary/aromatic N) is 1. The molecule has 0 spiro atoms. The fourth-order valence-electron chi connectivity index (χ4n) is 4.85. The molecule has 4 rings (SSSR count). The second-order valence-electron chi connectivity index (χ2n) is 11.3. The van der Waals surface area contributed by atoms with E-state index in [-0.39, 0.29) is 51.3 Å². The number of carbonyl (C=O) groups excluding carboxylic acids is 2. The Morgan fingerprint density at radius 3 is 2.56 bits per heavy atom. The Hall–Kier alpha value is -2.12. The molecule has 1 aromatic heterocycles. The summed E-state index contributed by atoms with van der Waals surface area (Å²) in [5.41, 5.74) is 0.164. The third-order valence-electron chi connectivity index (χ3n) is 7.07. The van der Waals surface area contributed by atoms with Crippen LogP contribution >= 0.6 is 22.9 Å². The van der Waals surface area contributed by atoms with Gasteiger partial charge in [0.2, 0.25) is 10.0 Å². The number of alkyl halides is 1. The first-order chi connectivity index (χ1) is 18.1. The molecule has 2 N–H and O–H groups in total. The summed E-state index contributed by atoms with van der Waals surface area (Å²) in [7, 11) is -7.99. The van der Waals surface area contributed by atoms with Crippen molar-refractivity contribution in [2.45, 2.75) is 63.8 Å². The zero-order chi connectivity index (χ0) is 28.8. The number of fused-ring (bicyclic) bond motifs is 2. The van der Waals surface area contributed by atoms with E-state index >= 15 is 0 Å². The summed E-state index contributed by atoms with van der Waals surface area (Å²) in [6, 6.07) is 6.96. The highest BCUT2D eigenvalue weighted by Crippen LogP contribution is 2.44. The van der Waals surface area contributed by atoms with Gasteiger partial charge >= 0.3 is 0 Å². The third-order valence-corrected chi connectivity index (χ3v) is 11.2. The maximum atomic E-state index is 14.0. The van der Waals surface area contributed by atoms with E-state index in [0.29, 0.717) is 24.0 Å². The van der Waals surface area contributed by atoms with Crippen LogP contribution in [0.25, 0.3) is 0 Å². The van der Waals surface area contributed by atoms with Crippen LogP contribution in [0.1, 0.15) is 68.4 Å². The number of ketones is 2. The molecule has 212 valence electrons. The molecule has 0 bridgehead atoms. The SMILES string of the molecule is CC(C)(C)CC[C@@]1(C)C(=O)C(C2=NS(=O)(=O)c3c(CNS(=O)(=O)CCCCl)csc3N2)C(=O)c2ccccc21. The van der Waals surface area contributed by atoms with Crippen molar-refractivity contribution in [2.24, 2.45) is 15.7 Å². The molecule has 2 atom stereocenters. The largest absolute Gasteiger partial charge is 0.333 e. The van der Waals surface area contributed by atoms with Gasteiger partial charge < -0.3 is 5.32 Å². The number of anilines is 1. The number of thiophene rings is 1. The Balaban J connectivity index is 1.69. The van der Waals surface area contributed by atoms with Crippen molar-refractivity contribution < 1.29 is 26.4 Å². The maximum absolute atomic E-state index is 14.0. The van der Waals surface area contributed by atoms with E-state index < -0.39 is 42.9 Å². The van der Waals surface area contributed by atoms with Crippen LogP contribution in [0.2, 0.25) is 0 Å². The van der Waals surface area contributed by atoms with Crippen LogP contribution in [-0.2, 0) is 36.8 Å². The molecule has 0 amide bonds. The van der Waals surface area contributed by atoms with Crippen LogP contribution in [-0.4, -0.2) is 45.9 Å². The average Bonchev–Trinajstić information content (AvgIpc) is 3.28. The Morgan fingerprint density at radius 2 is 1.90 bits per heavy atom. The summed E-state index contributed by atoms with van der Waals surface area (Å²) in [4.78, 5) is 27.5. The predicted octanol–water partition coefficient (Wildman–Crippen LogP) is 4.47. The molecule has 0 saturated heterocycles. The zero-order valence-corrected chi connectivity index (χ0v) is 25.4. The van der Waals surface area contributed by atoms with Gasteiger partial charge in [-0.05, 0) is 42.5 Å². The minimum atomic E-state index is -4.33. The standard InChI is InChI=1S/C26H32ClN3O6S3/c1-25(2,3)10-11-26(4)18-9-6-5-8-17(18)20(31)19(22(26)32)23-29-24-21(39(35,36)30-23)16(15-37-24)14-28-38(33,34)13-7-12-27/h5-6,8-9,15,19,28H,7,10-14H2,1-4H3,(H,29,30)/t19?,26-/m1/s1. The number of rotatable bonds is 9. The Bertz CT molecular complexity index is 1560. The van der Waals surface area contributed by atoms with Gasteiger partial charge in [0.05, 0.1) is 11.2 Å². The number of nitrogens with one attached hydrogen (secondary N) is 2. The van der Waals surface area contributed by atoms with Crippen LogP contribution < -0.4 is 10.0 Å². The highest BCUT2D eigenvalue weighted by atomic mass is 35.5. The summed E-state index contributed by atoms with van der Waals surface area (Å²) in [5, 5.41) is 4.63. The van der Waals surface area contributed by atoms with Gasteiger partial charge in [-0.2, -0.15) is 8.42 Å². The monoisotopic (exact) mass is 613 g/mol. The van der Waals surface area contributed by atoms with Crippen LogP contribution in [0.5, 0.6) is 0 Å². The van der Waals surface area contributed by atoms with Crippen molar-refractivity contribution in [3.63, 3.8) is 0 Å². The molecule has 13 heteroatoms. The molecule has 9 nitrogen and oxygen atoms in total. The van der Waals surface area contributed by atoms with Crippen molar-refractivity contribution >= 4 is 65.4 Å². The zero-order valence-electron chi connectivity index (χ0n) is 22.2. The quantitative estimate of drug-likeness (QED) is 0.314. The van der Waals surface area contributed by atoms with Crippen molar-refractivity contribution in [2.75, 3.05) is 16.9 Å². The summed E-state index contributed by atoms with van der Waals surface area (Å²) in [6.45, 7) is 7.78. The molecular formula is C26H32ClN3O6S3. The van der Waals surface area contributed by atoms with Gasteiger partial charge in [0.1, 0.15) is 21.7 Å². The van der Waals surface area contributed by atoms with Gasteiger partial charge in [-0.15, -0.1) is 27.3 Å². The summed E-state index contributed by atoms with van der Waals surface area (Å²) < 4.78 is 57.4. The number of sulfonamides is 2. The smallest absolute Gasteiger partial charge is 0.287 e. The van der Waals surface area contributed by atoms with E-state index in [0.717, 1.165) is 11.3 Å². The van der Waals surface area contributed by atoms with Crippen LogP contribution in [0, 0.1) is 11.3 Å². The minimum Gasteiger partial charge on any atom is -0.333 e.